The lowest BCUT2D eigenvalue weighted by Gasteiger charge is -2.10. The van der Waals surface area contributed by atoms with E-state index in [2.05, 4.69) is 10.1 Å². The molecule has 0 aliphatic carbocycles. The van der Waals surface area contributed by atoms with E-state index >= 15 is 0 Å². The molecular weight excluding hydrogens is 206 g/mol. The minimum absolute atomic E-state index is 0.389. The van der Waals surface area contributed by atoms with Crippen molar-refractivity contribution in [2.45, 2.75) is 6.92 Å². The van der Waals surface area contributed by atoms with Gasteiger partial charge in [-0.05, 0) is 19.1 Å². The first-order valence-electron chi connectivity index (χ1n) is 4.83. The normalized spacial score (nSPS) is 10.8. The summed E-state index contributed by atoms with van der Waals surface area (Å²) in [4.78, 5) is 11.0. The molecule has 16 heavy (non-hydrogen) atoms. The Morgan fingerprint density at radius 2 is 2.00 bits per heavy atom. The second kappa shape index (κ2) is 5.80. The van der Waals surface area contributed by atoms with E-state index in [0.717, 1.165) is 11.4 Å². The molecule has 0 atom stereocenters. The van der Waals surface area contributed by atoms with E-state index < -0.39 is 0 Å². The molecule has 1 N–H and O–H groups in total. The van der Waals surface area contributed by atoms with Gasteiger partial charge in [0.05, 0.1) is 19.9 Å². The van der Waals surface area contributed by atoms with E-state index in [1.807, 2.05) is 24.3 Å². The molecule has 0 amide bonds. The number of allylic oxidation sites excluding steroid dienone is 1. The SMILES string of the molecule is COC(=O)/C=C(\C)Nc1ccccc1OC. The molecule has 1 aromatic carbocycles. The summed E-state index contributed by atoms with van der Waals surface area (Å²) in [7, 11) is 2.94. The number of benzene rings is 1. The third-order valence-electron chi connectivity index (χ3n) is 1.97. The van der Waals surface area contributed by atoms with Gasteiger partial charge in [-0.15, -0.1) is 0 Å². The van der Waals surface area contributed by atoms with Gasteiger partial charge in [-0.2, -0.15) is 0 Å². The third-order valence-corrected chi connectivity index (χ3v) is 1.97. The Balaban J connectivity index is 2.80. The van der Waals surface area contributed by atoms with Crippen LogP contribution in [0, 0.1) is 0 Å². The highest BCUT2D eigenvalue weighted by Gasteiger charge is 2.02. The van der Waals surface area contributed by atoms with Gasteiger partial charge < -0.3 is 14.8 Å². The molecule has 0 aromatic heterocycles. The molecule has 1 rings (SSSR count). The minimum atomic E-state index is -0.389. The Morgan fingerprint density at radius 3 is 2.62 bits per heavy atom. The highest BCUT2D eigenvalue weighted by atomic mass is 16.5. The number of hydrogen-bond donors (Lipinski definition) is 1. The average Bonchev–Trinajstić information content (AvgIpc) is 2.29. The maximum absolute atomic E-state index is 11.0. The van der Waals surface area contributed by atoms with Crippen LogP contribution in [0.1, 0.15) is 6.92 Å². The number of carbonyl (C=O) groups is 1. The summed E-state index contributed by atoms with van der Waals surface area (Å²) >= 11 is 0. The van der Waals surface area contributed by atoms with Gasteiger partial charge in [0.1, 0.15) is 5.75 Å². The predicted octanol–water partition coefficient (Wildman–Crippen LogP) is 2.18. The van der Waals surface area contributed by atoms with Crippen LogP contribution in [0.15, 0.2) is 36.0 Å². The van der Waals surface area contributed by atoms with Crippen molar-refractivity contribution in [1.82, 2.24) is 0 Å². The molecule has 0 aliphatic rings. The van der Waals surface area contributed by atoms with E-state index in [9.17, 15) is 4.79 Å². The smallest absolute Gasteiger partial charge is 0.332 e. The number of methoxy groups -OCH3 is 2. The number of rotatable bonds is 4. The average molecular weight is 221 g/mol. The molecule has 0 spiro atoms. The molecule has 0 heterocycles. The topological polar surface area (TPSA) is 47.6 Å². The van der Waals surface area contributed by atoms with E-state index in [1.54, 1.807) is 14.0 Å². The standard InChI is InChI=1S/C12H15NO3/c1-9(8-12(14)16-3)13-10-6-4-5-7-11(10)15-2/h4-8,13H,1-3H3/b9-8+. The number of nitrogens with one attached hydrogen (secondary N) is 1. The van der Waals surface area contributed by atoms with Gasteiger partial charge in [0.2, 0.25) is 0 Å². The van der Waals surface area contributed by atoms with E-state index in [0.29, 0.717) is 5.70 Å². The van der Waals surface area contributed by atoms with Crippen molar-refractivity contribution >= 4 is 11.7 Å². The molecule has 0 saturated carbocycles. The van der Waals surface area contributed by atoms with Crippen LogP contribution in [0.4, 0.5) is 5.69 Å². The number of anilines is 1. The number of ether oxygens (including phenoxy) is 2. The highest BCUT2D eigenvalue weighted by Crippen LogP contribution is 2.24. The van der Waals surface area contributed by atoms with Crippen LogP contribution in [0.25, 0.3) is 0 Å². The van der Waals surface area contributed by atoms with Crippen molar-refractivity contribution in [2.24, 2.45) is 0 Å². The summed E-state index contributed by atoms with van der Waals surface area (Å²) in [6.07, 6.45) is 1.38. The quantitative estimate of drug-likeness (QED) is 0.625. The van der Waals surface area contributed by atoms with Crippen LogP contribution in [-0.4, -0.2) is 20.2 Å². The van der Waals surface area contributed by atoms with Crippen LogP contribution in [0.2, 0.25) is 0 Å². The fourth-order valence-electron chi connectivity index (χ4n) is 1.23. The third kappa shape index (κ3) is 3.31. The molecule has 4 heteroatoms. The van der Waals surface area contributed by atoms with Crippen molar-refractivity contribution < 1.29 is 14.3 Å². The number of hydrogen-bond acceptors (Lipinski definition) is 4. The Hall–Kier alpha value is -1.97. The Bertz CT molecular complexity index is 399. The molecule has 0 radical (unpaired) electrons. The predicted molar refractivity (Wildman–Crippen MR) is 62.4 cm³/mol. The number of esters is 1. The lowest BCUT2D eigenvalue weighted by Crippen LogP contribution is -2.03. The van der Waals surface area contributed by atoms with Crippen LogP contribution in [0.5, 0.6) is 5.75 Å². The summed E-state index contributed by atoms with van der Waals surface area (Å²) in [5.74, 6) is 0.333. The molecular formula is C12H15NO3. The summed E-state index contributed by atoms with van der Waals surface area (Å²) in [6.45, 7) is 1.78. The zero-order valence-corrected chi connectivity index (χ0v) is 9.61. The molecule has 4 nitrogen and oxygen atoms in total. The fourth-order valence-corrected chi connectivity index (χ4v) is 1.23. The van der Waals surface area contributed by atoms with Crippen molar-refractivity contribution in [1.29, 1.82) is 0 Å². The van der Waals surface area contributed by atoms with Gasteiger partial charge in [-0.1, -0.05) is 12.1 Å². The van der Waals surface area contributed by atoms with Crippen LogP contribution in [-0.2, 0) is 9.53 Å². The van der Waals surface area contributed by atoms with Crippen molar-refractivity contribution in [3.63, 3.8) is 0 Å². The first-order valence-corrected chi connectivity index (χ1v) is 4.83. The Kier molecular flexibility index (Phi) is 4.39. The molecule has 0 unspecified atom stereocenters. The second-order valence-corrected chi connectivity index (χ2v) is 3.18. The minimum Gasteiger partial charge on any atom is -0.495 e. The molecule has 0 bridgehead atoms. The maximum atomic E-state index is 11.0. The van der Waals surface area contributed by atoms with E-state index in [4.69, 9.17) is 4.74 Å². The Labute approximate surface area is 94.9 Å². The zero-order chi connectivity index (χ0) is 12.0. The molecule has 1 aromatic rings. The maximum Gasteiger partial charge on any atom is 0.332 e. The summed E-state index contributed by atoms with van der Waals surface area (Å²) in [5.41, 5.74) is 1.50. The van der Waals surface area contributed by atoms with Gasteiger partial charge in [-0.25, -0.2) is 4.79 Å². The van der Waals surface area contributed by atoms with Gasteiger partial charge in [0.25, 0.3) is 0 Å². The van der Waals surface area contributed by atoms with Crippen LogP contribution < -0.4 is 10.1 Å². The molecule has 0 saturated heterocycles. The van der Waals surface area contributed by atoms with Crippen LogP contribution in [0.3, 0.4) is 0 Å². The van der Waals surface area contributed by atoms with Crippen molar-refractivity contribution in [3.8, 4) is 5.75 Å². The van der Waals surface area contributed by atoms with Crippen molar-refractivity contribution in [2.75, 3.05) is 19.5 Å². The molecule has 86 valence electrons. The van der Waals surface area contributed by atoms with Crippen LogP contribution >= 0.6 is 0 Å². The second-order valence-electron chi connectivity index (χ2n) is 3.18. The summed E-state index contributed by atoms with van der Waals surface area (Å²) in [6, 6.07) is 7.47. The largest absolute Gasteiger partial charge is 0.495 e. The number of para-hydroxylation sites is 2. The fraction of sp³-hybridized carbons (Fsp3) is 0.250. The lowest BCUT2D eigenvalue weighted by atomic mass is 10.3. The van der Waals surface area contributed by atoms with Gasteiger partial charge in [-0.3, -0.25) is 0 Å². The number of carbonyl (C=O) groups excluding carboxylic acids is 1. The summed E-state index contributed by atoms with van der Waals surface area (Å²) in [5, 5.41) is 3.06. The Morgan fingerprint density at radius 1 is 1.31 bits per heavy atom. The zero-order valence-electron chi connectivity index (χ0n) is 9.61. The monoisotopic (exact) mass is 221 g/mol. The molecule has 0 aliphatic heterocycles. The van der Waals surface area contributed by atoms with Gasteiger partial charge in [0.15, 0.2) is 0 Å². The first-order chi connectivity index (χ1) is 7.67. The van der Waals surface area contributed by atoms with Gasteiger partial charge >= 0.3 is 5.97 Å². The highest BCUT2D eigenvalue weighted by molar-refractivity contribution is 5.83. The van der Waals surface area contributed by atoms with Crippen molar-refractivity contribution in [3.05, 3.63) is 36.0 Å². The van der Waals surface area contributed by atoms with Gasteiger partial charge in [0, 0.05) is 11.8 Å². The van der Waals surface area contributed by atoms with E-state index in [-0.39, 0.29) is 5.97 Å². The van der Waals surface area contributed by atoms with E-state index in [1.165, 1.54) is 13.2 Å². The summed E-state index contributed by atoms with van der Waals surface area (Å²) < 4.78 is 9.70. The first kappa shape index (κ1) is 12.1. The molecule has 0 fully saturated rings. The lowest BCUT2D eigenvalue weighted by molar-refractivity contribution is -0.134.